The lowest BCUT2D eigenvalue weighted by molar-refractivity contribution is 0.0906. The number of ether oxygens (including phenoxy) is 1. The third-order valence-corrected chi connectivity index (χ3v) is 3.30. The molecule has 0 bridgehead atoms. The Labute approximate surface area is 125 Å². The number of nitrogens with one attached hydrogen (secondary N) is 1. The zero-order valence-corrected chi connectivity index (χ0v) is 12.3. The average Bonchev–Trinajstić information content (AvgIpc) is 3.28. The molecule has 2 rings (SSSR count). The summed E-state index contributed by atoms with van der Waals surface area (Å²) in [4.78, 5) is 12.2. The first kappa shape index (κ1) is 15.6. The van der Waals surface area contributed by atoms with Crippen molar-refractivity contribution in [3.05, 3.63) is 34.9 Å². The van der Waals surface area contributed by atoms with Crippen molar-refractivity contribution in [3.63, 3.8) is 0 Å². The number of aryl methyl sites for hydroxylation is 1. The summed E-state index contributed by atoms with van der Waals surface area (Å²) in [5.74, 6) is 5.98. The monoisotopic (exact) mass is 287 g/mol. The molecule has 4 nitrogen and oxygen atoms in total. The predicted molar refractivity (Wildman–Crippen MR) is 81.0 cm³/mol. The van der Waals surface area contributed by atoms with Gasteiger partial charge in [0.25, 0.3) is 5.91 Å². The Balaban J connectivity index is 1.87. The number of benzene rings is 1. The van der Waals surface area contributed by atoms with Gasteiger partial charge in [-0.25, -0.2) is 0 Å². The van der Waals surface area contributed by atoms with Crippen molar-refractivity contribution in [2.24, 2.45) is 5.92 Å². The number of hydrogen-bond donors (Lipinski definition) is 2. The van der Waals surface area contributed by atoms with Gasteiger partial charge < -0.3 is 15.2 Å². The van der Waals surface area contributed by atoms with Gasteiger partial charge in [-0.15, -0.1) is 0 Å². The summed E-state index contributed by atoms with van der Waals surface area (Å²) in [5, 5.41) is 11.6. The fraction of sp³-hybridized carbons (Fsp3) is 0.471. The maximum Gasteiger partial charge on any atom is 0.252 e. The highest BCUT2D eigenvalue weighted by Crippen LogP contribution is 2.28. The van der Waals surface area contributed by atoms with E-state index in [9.17, 15) is 4.79 Å². The minimum atomic E-state index is -0.218. The lowest BCUT2D eigenvalue weighted by Gasteiger charge is -2.08. The van der Waals surface area contributed by atoms with Crippen LogP contribution in [0.25, 0.3) is 0 Å². The van der Waals surface area contributed by atoms with Crippen LogP contribution in [-0.2, 0) is 4.74 Å². The summed E-state index contributed by atoms with van der Waals surface area (Å²) in [6, 6.07) is 5.49. The van der Waals surface area contributed by atoms with Crippen molar-refractivity contribution in [3.8, 4) is 11.8 Å². The van der Waals surface area contributed by atoms with Gasteiger partial charge in [-0.05, 0) is 43.4 Å². The van der Waals surface area contributed by atoms with Crippen LogP contribution in [0.4, 0.5) is 0 Å². The van der Waals surface area contributed by atoms with Crippen LogP contribution in [0.2, 0.25) is 0 Å². The van der Waals surface area contributed by atoms with Crippen molar-refractivity contribution in [1.29, 1.82) is 0 Å². The molecule has 0 atom stereocenters. The zero-order chi connectivity index (χ0) is 15.1. The number of aliphatic hydroxyl groups is 1. The van der Waals surface area contributed by atoms with Crippen LogP contribution < -0.4 is 5.32 Å². The van der Waals surface area contributed by atoms with Crippen LogP contribution in [0.15, 0.2) is 18.2 Å². The molecule has 1 amide bonds. The lowest BCUT2D eigenvalue weighted by Crippen LogP contribution is -2.28. The summed E-state index contributed by atoms with van der Waals surface area (Å²) < 4.78 is 5.48. The predicted octanol–water partition coefficient (Wildman–Crippen LogP) is 1.50. The van der Waals surface area contributed by atoms with Crippen molar-refractivity contribution < 1.29 is 14.6 Å². The Kier molecular flexibility index (Phi) is 5.79. The van der Waals surface area contributed by atoms with E-state index in [1.54, 1.807) is 6.07 Å². The van der Waals surface area contributed by atoms with Crippen LogP contribution >= 0.6 is 0 Å². The number of carbonyl (C=O) groups excluding carboxylic acids is 1. The quantitative estimate of drug-likeness (QED) is 0.616. The highest BCUT2D eigenvalue weighted by atomic mass is 16.5. The number of aliphatic hydroxyl groups excluding tert-OH is 1. The fourth-order valence-electron chi connectivity index (χ4n) is 1.96. The second kappa shape index (κ2) is 7.82. The second-order valence-electron chi connectivity index (χ2n) is 5.28. The summed E-state index contributed by atoms with van der Waals surface area (Å²) in [5.41, 5.74) is 2.20. The average molecular weight is 287 g/mol. The van der Waals surface area contributed by atoms with E-state index in [1.165, 1.54) is 12.8 Å². The molecule has 2 N–H and O–H groups in total. The van der Waals surface area contributed by atoms with E-state index in [1.807, 2.05) is 19.1 Å². The molecule has 0 unspecified atom stereocenters. The topological polar surface area (TPSA) is 58.6 Å². The van der Waals surface area contributed by atoms with Crippen LogP contribution in [0.1, 0.15) is 34.3 Å². The standard InChI is InChI=1S/C17H21NO3/c1-13-4-7-16(15(11-13)3-2-9-19)17(20)18-8-10-21-12-14-5-6-14/h4,7,11,14,19H,5-6,8-10,12H2,1H3,(H,18,20). The van der Waals surface area contributed by atoms with Gasteiger partial charge in [0.2, 0.25) is 0 Å². The molecular weight excluding hydrogens is 266 g/mol. The minimum Gasteiger partial charge on any atom is -0.384 e. The largest absolute Gasteiger partial charge is 0.384 e. The van der Waals surface area contributed by atoms with Gasteiger partial charge in [-0.3, -0.25) is 4.79 Å². The maximum absolute atomic E-state index is 12.2. The van der Waals surface area contributed by atoms with Gasteiger partial charge in [0.05, 0.1) is 12.2 Å². The normalized spacial score (nSPS) is 13.4. The van der Waals surface area contributed by atoms with Crippen LogP contribution in [0, 0.1) is 24.7 Å². The molecule has 0 heterocycles. The first-order chi connectivity index (χ1) is 10.2. The molecule has 21 heavy (non-hydrogen) atoms. The smallest absolute Gasteiger partial charge is 0.252 e. The molecule has 112 valence electrons. The maximum atomic E-state index is 12.2. The molecule has 0 saturated heterocycles. The second-order valence-corrected chi connectivity index (χ2v) is 5.28. The van der Waals surface area contributed by atoms with Gasteiger partial charge in [-0.2, -0.15) is 0 Å². The summed E-state index contributed by atoms with van der Waals surface area (Å²) in [6.07, 6.45) is 2.53. The Morgan fingerprint density at radius 2 is 2.29 bits per heavy atom. The molecule has 0 spiro atoms. The molecule has 1 aromatic rings. The van der Waals surface area contributed by atoms with Crippen LogP contribution in [0.3, 0.4) is 0 Å². The van der Waals surface area contributed by atoms with E-state index in [2.05, 4.69) is 17.2 Å². The van der Waals surface area contributed by atoms with E-state index in [-0.39, 0.29) is 12.5 Å². The van der Waals surface area contributed by atoms with E-state index in [0.29, 0.717) is 24.3 Å². The fourth-order valence-corrected chi connectivity index (χ4v) is 1.96. The molecule has 1 fully saturated rings. The Morgan fingerprint density at radius 1 is 1.48 bits per heavy atom. The molecule has 1 aromatic carbocycles. The van der Waals surface area contributed by atoms with Crippen molar-refractivity contribution in [1.82, 2.24) is 5.32 Å². The number of amides is 1. The molecule has 4 heteroatoms. The molecule has 0 aromatic heterocycles. The van der Waals surface area contributed by atoms with Crippen molar-refractivity contribution in [2.75, 3.05) is 26.4 Å². The van der Waals surface area contributed by atoms with Gasteiger partial charge in [0.1, 0.15) is 6.61 Å². The molecule has 1 aliphatic carbocycles. The van der Waals surface area contributed by atoms with E-state index in [4.69, 9.17) is 9.84 Å². The van der Waals surface area contributed by atoms with Gasteiger partial charge in [0.15, 0.2) is 0 Å². The Hall–Kier alpha value is -1.83. The van der Waals surface area contributed by atoms with E-state index >= 15 is 0 Å². The Morgan fingerprint density at radius 3 is 3.00 bits per heavy atom. The SMILES string of the molecule is Cc1ccc(C(=O)NCCOCC2CC2)c(C#CCO)c1. The van der Waals surface area contributed by atoms with Gasteiger partial charge in [-0.1, -0.05) is 17.9 Å². The Bertz CT molecular complexity index is 553. The number of carbonyl (C=O) groups is 1. The highest BCUT2D eigenvalue weighted by Gasteiger charge is 2.20. The number of rotatable bonds is 6. The molecular formula is C17H21NO3. The number of hydrogen-bond acceptors (Lipinski definition) is 3. The van der Waals surface area contributed by atoms with E-state index in [0.717, 1.165) is 18.1 Å². The highest BCUT2D eigenvalue weighted by molar-refractivity contribution is 5.96. The van der Waals surface area contributed by atoms with Gasteiger partial charge in [0, 0.05) is 18.7 Å². The van der Waals surface area contributed by atoms with Gasteiger partial charge >= 0.3 is 0 Å². The summed E-state index contributed by atoms with van der Waals surface area (Å²) in [7, 11) is 0. The molecule has 0 aliphatic heterocycles. The lowest BCUT2D eigenvalue weighted by atomic mass is 10.0. The molecule has 1 saturated carbocycles. The minimum absolute atomic E-state index is 0.160. The molecule has 1 aliphatic rings. The van der Waals surface area contributed by atoms with Crippen molar-refractivity contribution >= 4 is 5.91 Å². The first-order valence-electron chi connectivity index (χ1n) is 7.27. The van der Waals surface area contributed by atoms with Crippen LogP contribution in [-0.4, -0.2) is 37.4 Å². The first-order valence-corrected chi connectivity index (χ1v) is 7.27. The summed E-state index contributed by atoms with van der Waals surface area (Å²) >= 11 is 0. The summed E-state index contributed by atoms with van der Waals surface area (Å²) in [6.45, 7) is 3.55. The third-order valence-electron chi connectivity index (χ3n) is 3.30. The van der Waals surface area contributed by atoms with E-state index < -0.39 is 0 Å². The van der Waals surface area contributed by atoms with Crippen molar-refractivity contribution in [2.45, 2.75) is 19.8 Å². The zero-order valence-electron chi connectivity index (χ0n) is 12.3. The molecule has 0 radical (unpaired) electrons. The third kappa shape index (κ3) is 5.22. The van der Waals surface area contributed by atoms with Crippen LogP contribution in [0.5, 0.6) is 0 Å².